The van der Waals surface area contributed by atoms with Gasteiger partial charge in [-0.25, -0.2) is 13.8 Å². The zero-order chi connectivity index (χ0) is 15.5. The molecule has 1 aliphatic heterocycles. The van der Waals surface area contributed by atoms with Crippen LogP contribution in [-0.4, -0.2) is 32.5 Å². The molecule has 0 unspecified atom stereocenters. The Morgan fingerprint density at radius 3 is 2.95 bits per heavy atom. The molecule has 1 atom stereocenters. The number of piperidine rings is 1. The van der Waals surface area contributed by atoms with Crippen molar-refractivity contribution in [3.63, 3.8) is 0 Å². The first-order chi connectivity index (χ1) is 10.6. The number of benzene rings is 1. The van der Waals surface area contributed by atoms with Crippen molar-refractivity contribution < 1.29 is 13.6 Å². The molecule has 1 aromatic heterocycles. The van der Waals surface area contributed by atoms with Crippen LogP contribution < -0.4 is 0 Å². The van der Waals surface area contributed by atoms with Crippen LogP contribution in [0, 0.1) is 11.6 Å². The maximum absolute atomic E-state index is 13.7. The third-order valence-electron chi connectivity index (χ3n) is 3.93. The third kappa shape index (κ3) is 2.98. The molecule has 0 radical (unpaired) electrons. The van der Waals surface area contributed by atoms with Gasteiger partial charge in [0.15, 0.2) is 0 Å². The molecule has 1 amide bonds. The number of hydrogen-bond acceptors (Lipinski definition) is 3. The molecule has 1 aromatic carbocycles. The Hall–Kier alpha value is -2.31. The summed E-state index contributed by atoms with van der Waals surface area (Å²) < 4.78 is 26.6. The SMILES string of the molecule is O=C(Cc1ccc(F)cc1F)N1CCCC[C@H]1c1ncn[nH]1. The van der Waals surface area contributed by atoms with Crippen molar-refractivity contribution in [1.82, 2.24) is 20.1 Å². The summed E-state index contributed by atoms with van der Waals surface area (Å²) >= 11 is 0. The number of carbonyl (C=O) groups is 1. The van der Waals surface area contributed by atoms with Gasteiger partial charge in [0.2, 0.25) is 5.91 Å². The van der Waals surface area contributed by atoms with Crippen LogP contribution in [0.1, 0.15) is 36.7 Å². The molecule has 0 saturated carbocycles. The van der Waals surface area contributed by atoms with E-state index in [2.05, 4.69) is 15.2 Å². The highest BCUT2D eigenvalue weighted by Crippen LogP contribution is 2.29. The second-order valence-corrected chi connectivity index (χ2v) is 5.38. The minimum absolute atomic E-state index is 0.0866. The fourth-order valence-corrected chi connectivity index (χ4v) is 2.82. The van der Waals surface area contributed by atoms with Gasteiger partial charge in [-0.2, -0.15) is 5.10 Å². The Morgan fingerprint density at radius 2 is 2.23 bits per heavy atom. The van der Waals surface area contributed by atoms with Crippen molar-refractivity contribution >= 4 is 5.91 Å². The Kier molecular flexibility index (Phi) is 4.13. The average Bonchev–Trinajstić information content (AvgIpc) is 3.04. The van der Waals surface area contributed by atoms with Crippen LogP contribution in [0.5, 0.6) is 0 Å². The lowest BCUT2D eigenvalue weighted by atomic mass is 10.00. The van der Waals surface area contributed by atoms with Gasteiger partial charge < -0.3 is 4.90 Å². The van der Waals surface area contributed by atoms with Crippen molar-refractivity contribution in [3.8, 4) is 0 Å². The zero-order valence-electron chi connectivity index (χ0n) is 11.9. The summed E-state index contributed by atoms with van der Waals surface area (Å²) in [4.78, 5) is 18.3. The Morgan fingerprint density at radius 1 is 1.36 bits per heavy atom. The maximum Gasteiger partial charge on any atom is 0.227 e. The number of rotatable bonds is 3. The van der Waals surface area contributed by atoms with Gasteiger partial charge in [0.1, 0.15) is 23.8 Å². The predicted molar refractivity (Wildman–Crippen MR) is 74.7 cm³/mol. The fraction of sp³-hybridized carbons (Fsp3) is 0.400. The molecule has 1 aliphatic rings. The number of aromatic nitrogens is 3. The molecule has 5 nitrogen and oxygen atoms in total. The molecular weight excluding hydrogens is 290 g/mol. The normalized spacial score (nSPS) is 18.5. The fourth-order valence-electron chi connectivity index (χ4n) is 2.82. The topological polar surface area (TPSA) is 61.9 Å². The number of carbonyl (C=O) groups excluding carboxylic acids is 1. The number of nitrogens with one attached hydrogen (secondary N) is 1. The quantitative estimate of drug-likeness (QED) is 0.947. The summed E-state index contributed by atoms with van der Waals surface area (Å²) in [6.07, 6.45) is 4.03. The number of amides is 1. The largest absolute Gasteiger partial charge is 0.332 e. The standard InChI is InChI=1S/C15H16F2N4O/c16-11-5-4-10(12(17)8-11)7-14(22)21-6-2-1-3-13(21)15-18-9-19-20-15/h4-5,8-9,13H,1-3,6-7H2,(H,18,19,20)/t13-/m0/s1. The predicted octanol–water partition coefficient (Wildman–Crippen LogP) is 2.38. The molecule has 2 heterocycles. The van der Waals surface area contributed by atoms with Gasteiger partial charge in [-0.15, -0.1) is 0 Å². The van der Waals surface area contributed by atoms with E-state index in [1.807, 2.05) is 0 Å². The highest BCUT2D eigenvalue weighted by atomic mass is 19.1. The minimum atomic E-state index is -0.693. The lowest BCUT2D eigenvalue weighted by molar-refractivity contribution is -0.134. The summed E-state index contributed by atoms with van der Waals surface area (Å²) in [7, 11) is 0. The van der Waals surface area contributed by atoms with Crippen LogP contribution in [0.2, 0.25) is 0 Å². The number of aromatic amines is 1. The lowest BCUT2D eigenvalue weighted by Crippen LogP contribution is -2.40. The molecule has 2 aromatic rings. The van der Waals surface area contributed by atoms with E-state index in [9.17, 15) is 13.6 Å². The van der Waals surface area contributed by atoms with E-state index in [-0.39, 0.29) is 23.9 Å². The first kappa shape index (κ1) is 14.6. The molecule has 3 rings (SSSR count). The second-order valence-electron chi connectivity index (χ2n) is 5.38. The van der Waals surface area contributed by atoms with Crippen LogP contribution in [0.25, 0.3) is 0 Å². The van der Waals surface area contributed by atoms with Gasteiger partial charge in [-0.3, -0.25) is 9.89 Å². The summed E-state index contributed by atoms with van der Waals surface area (Å²) in [6.45, 7) is 0.604. The molecule has 0 bridgehead atoms. The lowest BCUT2D eigenvalue weighted by Gasteiger charge is -2.34. The summed E-state index contributed by atoms with van der Waals surface area (Å²) in [5.41, 5.74) is 0.202. The molecule has 116 valence electrons. The van der Waals surface area contributed by atoms with Crippen molar-refractivity contribution in [2.45, 2.75) is 31.7 Å². The van der Waals surface area contributed by atoms with Crippen LogP contribution in [0.4, 0.5) is 8.78 Å². The zero-order valence-corrected chi connectivity index (χ0v) is 11.9. The van der Waals surface area contributed by atoms with E-state index in [4.69, 9.17) is 0 Å². The van der Waals surface area contributed by atoms with Crippen LogP contribution in [0.3, 0.4) is 0 Å². The van der Waals surface area contributed by atoms with Crippen LogP contribution in [-0.2, 0) is 11.2 Å². The first-order valence-corrected chi connectivity index (χ1v) is 7.24. The van der Waals surface area contributed by atoms with E-state index in [1.165, 1.54) is 12.4 Å². The molecule has 1 N–H and O–H groups in total. The smallest absolute Gasteiger partial charge is 0.227 e. The highest BCUT2D eigenvalue weighted by molar-refractivity contribution is 5.79. The third-order valence-corrected chi connectivity index (χ3v) is 3.93. The van der Waals surface area contributed by atoms with E-state index >= 15 is 0 Å². The maximum atomic E-state index is 13.7. The van der Waals surface area contributed by atoms with Crippen molar-refractivity contribution in [2.24, 2.45) is 0 Å². The average molecular weight is 306 g/mol. The van der Waals surface area contributed by atoms with E-state index < -0.39 is 11.6 Å². The van der Waals surface area contributed by atoms with E-state index in [1.54, 1.807) is 4.90 Å². The number of halogens is 2. The highest BCUT2D eigenvalue weighted by Gasteiger charge is 2.30. The van der Waals surface area contributed by atoms with Crippen LogP contribution >= 0.6 is 0 Å². The van der Waals surface area contributed by atoms with Crippen molar-refractivity contribution in [2.75, 3.05) is 6.54 Å². The molecular formula is C15H16F2N4O. The van der Waals surface area contributed by atoms with E-state index in [0.717, 1.165) is 31.4 Å². The van der Waals surface area contributed by atoms with Crippen molar-refractivity contribution in [3.05, 3.63) is 47.5 Å². The molecule has 7 heteroatoms. The Labute approximate surface area is 126 Å². The number of likely N-dealkylation sites (tertiary alicyclic amines) is 1. The van der Waals surface area contributed by atoms with Gasteiger partial charge in [0.05, 0.1) is 12.5 Å². The Bertz CT molecular complexity index is 660. The second kappa shape index (κ2) is 6.21. The molecule has 1 fully saturated rings. The molecule has 0 aliphatic carbocycles. The molecule has 0 spiro atoms. The number of hydrogen-bond donors (Lipinski definition) is 1. The van der Waals surface area contributed by atoms with Gasteiger partial charge in [-0.05, 0) is 30.9 Å². The van der Waals surface area contributed by atoms with Crippen molar-refractivity contribution in [1.29, 1.82) is 0 Å². The van der Waals surface area contributed by atoms with Gasteiger partial charge in [0, 0.05) is 12.6 Å². The van der Waals surface area contributed by atoms with Gasteiger partial charge >= 0.3 is 0 Å². The van der Waals surface area contributed by atoms with Crippen LogP contribution in [0.15, 0.2) is 24.5 Å². The summed E-state index contributed by atoms with van der Waals surface area (Å²) in [6, 6.07) is 3.12. The molecule has 22 heavy (non-hydrogen) atoms. The first-order valence-electron chi connectivity index (χ1n) is 7.24. The summed E-state index contributed by atoms with van der Waals surface area (Å²) in [5.74, 6) is -0.882. The van der Waals surface area contributed by atoms with Gasteiger partial charge in [0.25, 0.3) is 0 Å². The number of nitrogens with zero attached hydrogens (tertiary/aromatic N) is 3. The van der Waals surface area contributed by atoms with Gasteiger partial charge in [-0.1, -0.05) is 6.07 Å². The molecule has 1 saturated heterocycles. The number of H-pyrrole nitrogens is 1. The van der Waals surface area contributed by atoms with E-state index in [0.29, 0.717) is 12.4 Å². The minimum Gasteiger partial charge on any atom is -0.332 e. The monoisotopic (exact) mass is 306 g/mol. The summed E-state index contributed by atoms with van der Waals surface area (Å²) in [5, 5.41) is 6.62. The Balaban J connectivity index is 1.77.